The van der Waals surface area contributed by atoms with Crippen molar-refractivity contribution in [3.05, 3.63) is 24.2 Å². The normalized spacial score (nSPS) is 11.9. The monoisotopic (exact) mass is 142 g/mol. The van der Waals surface area contributed by atoms with Crippen LogP contribution in [-0.4, -0.2) is 0 Å². The van der Waals surface area contributed by atoms with Crippen molar-refractivity contribution in [2.75, 3.05) is 0 Å². The maximum atomic E-state index is 5.12. The van der Waals surface area contributed by atoms with Crippen molar-refractivity contribution in [2.24, 2.45) is 0 Å². The Morgan fingerprint density at radius 3 is 2.44 bits per heavy atom. The molecule has 0 aliphatic carbocycles. The molecule has 0 saturated carbocycles. The predicted molar refractivity (Wildman–Crippen MR) is 40.7 cm³/mol. The molecular weight excluding hydrogens is 132 g/mol. The summed E-state index contributed by atoms with van der Waals surface area (Å²) in [6, 6.07) is 3.79. The van der Waals surface area contributed by atoms with Crippen LogP contribution in [0.2, 0.25) is 0 Å². The topological polar surface area (TPSA) is 13.1 Å². The van der Waals surface area contributed by atoms with Gasteiger partial charge >= 0.3 is 0 Å². The van der Waals surface area contributed by atoms with E-state index < -0.39 is 0 Å². The van der Waals surface area contributed by atoms with E-state index in [1.807, 2.05) is 26.0 Å². The molecule has 9 heavy (non-hydrogen) atoms. The van der Waals surface area contributed by atoms with Gasteiger partial charge in [-0.05, 0) is 26.0 Å². The molecule has 1 rings (SSSR count). The van der Waals surface area contributed by atoms with Gasteiger partial charge in [0.2, 0.25) is 0 Å². The summed E-state index contributed by atoms with van der Waals surface area (Å²) in [5.74, 6) is 0.908. The van der Waals surface area contributed by atoms with Gasteiger partial charge in [-0.25, -0.2) is 0 Å². The lowest BCUT2D eigenvalue weighted by Gasteiger charge is -2.12. The first-order chi connectivity index (χ1) is 4.11. The molecule has 0 spiro atoms. The third kappa shape index (κ3) is 1.52. The van der Waals surface area contributed by atoms with E-state index in [0.717, 1.165) is 5.76 Å². The highest BCUT2D eigenvalue weighted by molar-refractivity contribution is 7.81. The minimum Gasteiger partial charge on any atom is -0.468 e. The predicted octanol–water partition coefficient (Wildman–Crippen LogP) is 2.44. The van der Waals surface area contributed by atoms with Gasteiger partial charge in [0.25, 0.3) is 0 Å². The average Bonchev–Trinajstić information content (AvgIpc) is 2.08. The maximum Gasteiger partial charge on any atom is 0.118 e. The van der Waals surface area contributed by atoms with Crippen LogP contribution in [0.25, 0.3) is 0 Å². The minimum atomic E-state index is -0.149. The smallest absolute Gasteiger partial charge is 0.118 e. The zero-order valence-corrected chi connectivity index (χ0v) is 6.48. The summed E-state index contributed by atoms with van der Waals surface area (Å²) in [5.41, 5.74) is 0. The number of furan rings is 1. The number of rotatable bonds is 1. The summed E-state index contributed by atoms with van der Waals surface area (Å²) >= 11 is 4.32. The van der Waals surface area contributed by atoms with E-state index in [2.05, 4.69) is 12.6 Å². The third-order valence-electron chi connectivity index (χ3n) is 1.12. The van der Waals surface area contributed by atoms with E-state index in [0.29, 0.717) is 0 Å². The van der Waals surface area contributed by atoms with E-state index in [-0.39, 0.29) is 4.75 Å². The number of hydrogen-bond acceptors (Lipinski definition) is 2. The Morgan fingerprint density at radius 1 is 1.56 bits per heavy atom. The fourth-order valence-electron chi connectivity index (χ4n) is 0.627. The molecule has 0 atom stereocenters. The summed E-state index contributed by atoms with van der Waals surface area (Å²) < 4.78 is 4.97. The molecule has 0 bridgehead atoms. The maximum absolute atomic E-state index is 5.12. The van der Waals surface area contributed by atoms with Crippen LogP contribution in [-0.2, 0) is 4.75 Å². The summed E-state index contributed by atoms with van der Waals surface area (Å²) in [6.45, 7) is 3.99. The van der Waals surface area contributed by atoms with Gasteiger partial charge in [0.05, 0.1) is 11.0 Å². The largest absolute Gasteiger partial charge is 0.468 e. The first kappa shape index (κ1) is 6.75. The second-order valence-corrected chi connectivity index (χ2v) is 3.65. The SMILES string of the molecule is CC(C)(S)c1ccco1. The lowest BCUT2D eigenvalue weighted by molar-refractivity contribution is 0.470. The molecule has 1 heterocycles. The summed E-state index contributed by atoms with van der Waals surface area (Å²) in [6.07, 6.45) is 1.66. The molecule has 0 fully saturated rings. The Kier molecular flexibility index (Phi) is 1.58. The zero-order valence-electron chi connectivity index (χ0n) is 5.59. The van der Waals surface area contributed by atoms with Crippen molar-refractivity contribution in [1.29, 1.82) is 0 Å². The van der Waals surface area contributed by atoms with Crippen molar-refractivity contribution in [3.63, 3.8) is 0 Å². The van der Waals surface area contributed by atoms with Gasteiger partial charge in [0, 0.05) is 0 Å². The Bertz CT molecular complexity index is 171. The fraction of sp³-hybridized carbons (Fsp3) is 0.429. The Hall–Kier alpha value is -0.370. The molecule has 0 aliphatic rings. The highest BCUT2D eigenvalue weighted by atomic mass is 32.1. The van der Waals surface area contributed by atoms with Crippen LogP contribution in [0.4, 0.5) is 0 Å². The van der Waals surface area contributed by atoms with Crippen molar-refractivity contribution >= 4 is 12.6 Å². The molecule has 0 aromatic carbocycles. The molecule has 1 nitrogen and oxygen atoms in total. The Balaban J connectivity index is 2.90. The van der Waals surface area contributed by atoms with Gasteiger partial charge in [-0.1, -0.05) is 0 Å². The summed E-state index contributed by atoms with van der Waals surface area (Å²) in [7, 11) is 0. The Morgan fingerprint density at radius 2 is 2.22 bits per heavy atom. The highest BCUT2D eigenvalue weighted by Gasteiger charge is 2.16. The van der Waals surface area contributed by atoms with E-state index in [1.54, 1.807) is 6.26 Å². The van der Waals surface area contributed by atoms with Crippen molar-refractivity contribution in [3.8, 4) is 0 Å². The quantitative estimate of drug-likeness (QED) is 0.594. The van der Waals surface area contributed by atoms with E-state index in [9.17, 15) is 0 Å². The van der Waals surface area contributed by atoms with Gasteiger partial charge in [0.15, 0.2) is 0 Å². The molecule has 50 valence electrons. The second-order valence-electron chi connectivity index (χ2n) is 2.54. The van der Waals surface area contributed by atoms with Crippen LogP contribution in [0, 0.1) is 0 Å². The molecule has 0 saturated heterocycles. The molecule has 0 unspecified atom stereocenters. The van der Waals surface area contributed by atoms with Crippen LogP contribution < -0.4 is 0 Å². The Labute approximate surface area is 60.5 Å². The standard InChI is InChI=1S/C7H10OS/c1-7(2,9)6-4-3-5-8-6/h3-5,9H,1-2H3. The number of hydrogen-bond donors (Lipinski definition) is 1. The van der Waals surface area contributed by atoms with Crippen LogP contribution in [0.3, 0.4) is 0 Å². The highest BCUT2D eigenvalue weighted by Crippen LogP contribution is 2.26. The molecule has 0 aliphatic heterocycles. The van der Waals surface area contributed by atoms with E-state index in [1.165, 1.54) is 0 Å². The van der Waals surface area contributed by atoms with Crippen LogP contribution in [0.5, 0.6) is 0 Å². The molecule has 0 radical (unpaired) electrons. The number of thiol groups is 1. The van der Waals surface area contributed by atoms with Gasteiger partial charge in [0.1, 0.15) is 5.76 Å². The molecule has 0 N–H and O–H groups in total. The van der Waals surface area contributed by atoms with Crippen LogP contribution >= 0.6 is 12.6 Å². The summed E-state index contributed by atoms with van der Waals surface area (Å²) in [5, 5.41) is 0. The first-order valence-corrected chi connectivity index (χ1v) is 3.32. The van der Waals surface area contributed by atoms with Gasteiger partial charge < -0.3 is 4.42 Å². The van der Waals surface area contributed by atoms with E-state index >= 15 is 0 Å². The van der Waals surface area contributed by atoms with Crippen LogP contribution in [0.1, 0.15) is 19.6 Å². The average molecular weight is 142 g/mol. The molecule has 0 amide bonds. The van der Waals surface area contributed by atoms with Gasteiger partial charge in [-0.3, -0.25) is 0 Å². The molecule has 1 aromatic heterocycles. The zero-order chi connectivity index (χ0) is 6.91. The minimum absolute atomic E-state index is 0.149. The lowest BCUT2D eigenvalue weighted by Crippen LogP contribution is -2.04. The first-order valence-electron chi connectivity index (χ1n) is 2.87. The van der Waals surface area contributed by atoms with Gasteiger partial charge in [-0.15, -0.1) is 0 Å². The fourth-order valence-corrected chi connectivity index (χ4v) is 0.754. The third-order valence-corrected chi connectivity index (χ3v) is 1.34. The van der Waals surface area contributed by atoms with Crippen molar-refractivity contribution in [1.82, 2.24) is 0 Å². The van der Waals surface area contributed by atoms with Crippen molar-refractivity contribution in [2.45, 2.75) is 18.6 Å². The molecule has 2 heteroatoms. The molecule has 1 aromatic rings. The van der Waals surface area contributed by atoms with Crippen molar-refractivity contribution < 1.29 is 4.42 Å². The molecular formula is C7H10OS. The summed E-state index contributed by atoms with van der Waals surface area (Å²) in [4.78, 5) is 0. The van der Waals surface area contributed by atoms with Crippen LogP contribution in [0.15, 0.2) is 22.8 Å². The van der Waals surface area contributed by atoms with Gasteiger partial charge in [-0.2, -0.15) is 12.6 Å². The lowest BCUT2D eigenvalue weighted by atomic mass is 10.1. The second kappa shape index (κ2) is 2.10. The van der Waals surface area contributed by atoms with E-state index in [4.69, 9.17) is 4.42 Å².